The van der Waals surface area contributed by atoms with Crippen LogP contribution in [0.3, 0.4) is 0 Å². The van der Waals surface area contributed by atoms with Gasteiger partial charge in [0, 0.05) is 43.0 Å². The zero-order valence-electron chi connectivity index (χ0n) is 16.4. The van der Waals surface area contributed by atoms with E-state index < -0.39 is 0 Å². The van der Waals surface area contributed by atoms with Gasteiger partial charge in [-0.25, -0.2) is 9.97 Å². The SMILES string of the molecule is O=C([C@@H]1CCCN(c2nc(-c3ccccc3)nc3c2CCC3)C1)N1CCCC1. The first-order valence-electron chi connectivity index (χ1n) is 10.8. The number of aromatic nitrogens is 2. The molecule has 2 fully saturated rings. The van der Waals surface area contributed by atoms with Crippen LogP contribution in [-0.4, -0.2) is 47.0 Å². The van der Waals surface area contributed by atoms with E-state index in [2.05, 4.69) is 21.9 Å². The Morgan fingerprint density at radius 1 is 0.929 bits per heavy atom. The molecule has 0 radical (unpaired) electrons. The lowest BCUT2D eigenvalue weighted by molar-refractivity contribution is -0.134. The number of amides is 1. The lowest BCUT2D eigenvalue weighted by Gasteiger charge is -2.35. The molecule has 5 nitrogen and oxygen atoms in total. The van der Waals surface area contributed by atoms with Gasteiger partial charge in [0.1, 0.15) is 5.82 Å². The van der Waals surface area contributed by atoms with Gasteiger partial charge in [-0.3, -0.25) is 4.79 Å². The molecule has 0 N–H and O–H groups in total. The predicted octanol–water partition coefficient (Wildman–Crippen LogP) is 3.47. The molecule has 1 amide bonds. The summed E-state index contributed by atoms with van der Waals surface area (Å²) >= 11 is 0. The molecular weight excluding hydrogens is 348 g/mol. The van der Waals surface area contributed by atoms with Gasteiger partial charge in [0.05, 0.1) is 5.92 Å². The molecule has 1 aliphatic carbocycles. The van der Waals surface area contributed by atoms with Gasteiger partial charge >= 0.3 is 0 Å². The number of piperidine rings is 1. The van der Waals surface area contributed by atoms with E-state index in [0.717, 1.165) is 88.3 Å². The topological polar surface area (TPSA) is 49.3 Å². The number of nitrogens with zero attached hydrogens (tertiary/aromatic N) is 4. The summed E-state index contributed by atoms with van der Waals surface area (Å²) in [5, 5.41) is 0. The molecule has 1 aromatic heterocycles. The van der Waals surface area contributed by atoms with E-state index >= 15 is 0 Å². The van der Waals surface area contributed by atoms with Crippen LogP contribution in [0.15, 0.2) is 30.3 Å². The van der Waals surface area contributed by atoms with Gasteiger partial charge in [-0.05, 0) is 44.9 Å². The van der Waals surface area contributed by atoms with E-state index in [4.69, 9.17) is 9.97 Å². The second kappa shape index (κ2) is 7.53. The Hall–Kier alpha value is -2.43. The number of carbonyl (C=O) groups is 1. The first-order chi connectivity index (χ1) is 13.8. The average molecular weight is 377 g/mol. The number of hydrogen-bond acceptors (Lipinski definition) is 4. The number of benzene rings is 1. The molecule has 1 atom stereocenters. The fraction of sp³-hybridized carbons (Fsp3) is 0.522. The standard InChI is InChI=1S/C23H28N4O/c28-23(26-13-4-5-14-26)18-10-7-15-27(16-18)22-19-11-6-12-20(19)24-21(25-22)17-8-2-1-3-9-17/h1-3,8-9,18H,4-7,10-16H2/t18-/m1/s1. The minimum Gasteiger partial charge on any atom is -0.355 e. The highest BCUT2D eigenvalue weighted by molar-refractivity contribution is 5.80. The van der Waals surface area contributed by atoms with Gasteiger partial charge in [0.15, 0.2) is 5.82 Å². The number of carbonyl (C=O) groups excluding carboxylic acids is 1. The first kappa shape index (κ1) is 17.7. The molecule has 5 rings (SSSR count). The van der Waals surface area contributed by atoms with Crippen molar-refractivity contribution in [2.75, 3.05) is 31.1 Å². The Bertz CT molecular complexity index is 860. The Balaban J connectivity index is 1.45. The molecule has 2 saturated heterocycles. The third kappa shape index (κ3) is 3.27. The molecule has 0 bridgehead atoms. The van der Waals surface area contributed by atoms with Crippen LogP contribution in [0, 0.1) is 5.92 Å². The third-order valence-corrected chi connectivity index (χ3v) is 6.43. The molecule has 0 saturated carbocycles. The van der Waals surface area contributed by atoms with Crippen LogP contribution < -0.4 is 4.90 Å². The van der Waals surface area contributed by atoms with Gasteiger partial charge in [0.2, 0.25) is 5.91 Å². The molecule has 1 aromatic carbocycles. The molecular formula is C23H28N4O. The van der Waals surface area contributed by atoms with Crippen LogP contribution in [0.25, 0.3) is 11.4 Å². The van der Waals surface area contributed by atoms with E-state index in [0.29, 0.717) is 5.91 Å². The Morgan fingerprint density at radius 2 is 1.75 bits per heavy atom. The van der Waals surface area contributed by atoms with Crippen molar-refractivity contribution in [1.29, 1.82) is 0 Å². The molecule has 2 aromatic rings. The summed E-state index contributed by atoms with van der Waals surface area (Å²) in [6, 6.07) is 10.3. The highest BCUT2D eigenvalue weighted by atomic mass is 16.2. The maximum Gasteiger partial charge on any atom is 0.227 e. The molecule has 0 unspecified atom stereocenters. The lowest BCUT2D eigenvalue weighted by atomic mass is 9.96. The number of aryl methyl sites for hydroxylation is 1. The summed E-state index contributed by atoms with van der Waals surface area (Å²) in [7, 11) is 0. The van der Waals surface area contributed by atoms with Crippen molar-refractivity contribution < 1.29 is 4.79 Å². The van der Waals surface area contributed by atoms with Crippen molar-refractivity contribution in [2.24, 2.45) is 5.92 Å². The smallest absolute Gasteiger partial charge is 0.227 e. The normalized spacial score (nSPS) is 21.8. The summed E-state index contributed by atoms with van der Waals surface area (Å²) < 4.78 is 0. The fourth-order valence-corrected chi connectivity index (χ4v) is 4.96. The van der Waals surface area contributed by atoms with E-state index in [1.54, 1.807) is 0 Å². The van der Waals surface area contributed by atoms with E-state index in [-0.39, 0.29) is 5.92 Å². The number of anilines is 1. The van der Waals surface area contributed by atoms with Crippen LogP contribution in [0.5, 0.6) is 0 Å². The highest BCUT2D eigenvalue weighted by Crippen LogP contribution is 2.34. The second-order valence-electron chi connectivity index (χ2n) is 8.33. The molecule has 0 spiro atoms. The van der Waals surface area contributed by atoms with Crippen LogP contribution in [0.2, 0.25) is 0 Å². The largest absolute Gasteiger partial charge is 0.355 e. The molecule has 2 aliphatic heterocycles. The molecule has 3 heterocycles. The molecule has 3 aliphatic rings. The number of hydrogen-bond donors (Lipinski definition) is 0. The van der Waals surface area contributed by atoms with Crippen LogP contribution in [-0.2, 0) is 17.6 Å². The Kier molecular flexibility index (Phi) is 4.75. The maximum absolute atomic E-state index is 13.0. The zero-order valence-corrected chi connectivity index (χ0v) is 16.4. The minimum atomic E-state index is 0.110. The van der Waals surface area contributed by atoms with Gasteiger partial charge < -0.3 is 9.80 Å². The lowest BCUT2D eigenvalue weighted by Crippen LogP contribution is -2.44. The zero-order chi connectivity index (χ0) is 18.9. The summed E-state index contributed by atoms with van der Waals surface area (Å²) in [5.74, 6) is 2.37. The van der Waals surface area contributed by atoms with E-state index in [1.165, 1.54) is 11.3 Å². The summed E-state index contributed by atoms with van der Waals surface area (Å²) in [6.07, 6.45) is 7.62. The summed E-state index contributed by atoms with van der Waals surface area (Å²) in [5.41, 5.74) is 3.59. The summed E-state index contributed by atoms with van der Waals surface area (Å²) in [6.45, 7) is 3.67. The van der Waals surface area contributed by atoms with Gasteiger partial charge in [-0.15, -0.1) is 0 Å². The van der Waals surface area contributed by atoms with Crippen molar-refractivity contribution in [1.82, 2.24) is 14.9 Å². The molecule has 5 heteroatoms. The quantitative estimate of drug-likeness (QED) is 0.823. The van der Waals surface area contributed by atoms with Gasteiger partial charge in [-0.2, -0.15) is 0 Å². The second-order valence-corrected chi connectivity index (χ2v) is 8.33. The average Bonchev–Trinajstić information content (AvgIpc) is 3.45. The van der Waals surface area contributed by atoms with Gasteiger partial charge in [0.25, 0.3) is 0 Å². The van der Waals surface area contributed by atoms with Crippen molar-refractivity contribution >= 4 is 11.7 Å². The summed E-state index contributed by atoms with van der Waals surface area (Å²) in [4.78, 5) is 27.3. The Labute approximate surface area is 166 Å². The number of fused-ring (bicyclic) bond motifs is 1. The first-order valence-corrected chi connectivity index (χ1v) is 10.8. The number of rotatable bonds is 3. The van der Waals surface area contributed by atoms with Crippen LogP contribution in [0.4, 0.5) is 5.82 Å². The van der Waals surface area contributed by atoms with Crippen molar-refractivity contribution in [3.05, 3.63) is 41.6 Å². The maximum atomic E-state index is 13.0. The van der Waals surface area contributed by atoms with Crippen molar-refractivity contribution in [2.45, 2.75) is 44.9 Å². The van der Waals surface area contributed by atoms with E-state index in [9.17, 15) is 4.79 Å². The van der Waals surface area contributed by atoms with Crippen LogP contribution in [0.1, 0.15) is 43.4 Å². The highest BCUT2D eigenvalue weighted by Gasteiger charge is 2.33. The minimum absolute atomic E-state index is 0.110. The van der Waals surface area contributed by atoms with Gasteiger partial charge in [-0.1, -0.05) is 30.3 Å². The van der Waals surface area contributed by atoms with Crippen molar-refractivity contribution in [3.63, 3.8) is 0 Å². The third-order valence-electron chi connectivity index (χ3n) is 6.43. The fourth-order valence-electron chi connectivity index (χ4n) is 4.96. The Morgan fingerprint density at radius 3 is 2.57 bits per heavy atom. The molecule has 28 heavy (non-hydrogen) atoms. The monoisotopic (exact) mass is 376 g/mol. The predicted molar refractivity (Wildman–Crippen MR) is 110 cm³/mol. The van der Waals surface area contributed by atoms with Crippen molar-refractivity contribution in [3.8, 4) is 11.4 Å². The molecule has 146 valence electrons. The van der Waals surface area contributed by atoms with E-state index in [1.807, 2.05) is 18.2 Å². The van der Waals surface area contributed by atoms with Crippen LogP contribution >= 0.6 is 0 Å². The number of likely N-dealkylation sites (tertiary alicyclic amines) is 1.